The number of guanidine groups is 1. The summed E-state index contributed by atoms with van der Waals surface area (Å²) in [6.45, 7) is 14.3. The Kier molecular flexibility index (Phi) is 12.0. The maximum Gasteiger partial charge on any atom is 0.191 e. The molecular formula is C20H39IN6O. The first-order valence-electron chi connectivity index (χ1n) is 10.3. The number of rotatable bonds is 9. The molecule has 28 heavy (non-hydrogen) atoms. The minimum absolute atomic E-state index is 0. The Labute approximate surface area is 187 Å². The number of likely N-dealkylation sites (tertiary alicyclic amines) is 1. The van der Waals surface area contributed by atoms with Crippen LogP contribution >= 0.6 is 24.0 Å². The molecule has 1 fully saturated rings. The minimum atomic E-state index is 0. The second kappa shape index (κ2) is 13.4. The topological polar surface area (TPSA) is 66.7 Å². The third-order valence-electron chi connectivity index (χ3n) is 4.79. The van der Waals surface area contributed by atoms with Crippen LogP contribution in [0.2, 0.25) is 0 Å². The van der Waals surface area contributed by atoms with Gasteiger partial charge in [-0.2, -0.15) is 0 Å². The van der Waals surface area contributed by atoms with E-state index in [1.54, 1.807) is 0 Å². The molecule has 1 saturated heterocycles. The van der Waals surface area contributed by atoms with Crippen molar-refractivity contribution in [1.82, 2.24) is 25.1 Å². The number of hydrogen-bond donors (Lipinski definition) is 2. The summed E-state index contributed by atoms with van der Waals surface area (Å²) in [5.74, 6) is 2.51. The average molecular weight is 506 g/mol. The molecule has 1 aromatic heterocycles. The standard InChI is InChI=1S/C20H38N6O.HI/c1-16(2)15-26-11-8-22-19(26)14-23-20(21-5)24-18-6-9-25(10-7-18)12-13-27-17(3)4;/h8,11,16-18H,6-7,9-10,12-15H2,1-5H3,(H2,21,23,24);1H. The second-order valence-electron chi connectivity index (χ2n) is 8.00. The smallest absolute Gasteiger partial charge is 0.191 e. The van der Waals surface area contributed by atoms with Gasteiger partial charge in [-0.05, 0) is 32.6 Å². The summed E-state index contributed by atoms with van der Waals surface area (Å²) < 4.78 is 7.87. The van der Waals surface area contributed by atoms with E-state index in [1.165, 1.54) is 0 Å². The van der Waals surface area contributed by atoms with E-state index in [-0.39, 0.29) is 24.0 Å². The molecule has 0 spiro atoms. The number of nitrogens with zero attached hydrogens (tertiary/aromatic N) is 4. The van der Waals surface area contributed by atoms with E-state index >= 15 is 0 Å². The van der Waals surface area contributed by atoms with Crippen LogP contribution in [0.5, 0.6) is 0 Å². The van der Waals surface area contributed by atoms with E-state index in [1.807, 2.05) is 19.4 Å². The molecule has 1 aromatic rings. The molecule has 0 atom stereocenters. The van der Waals surface area contributed by atoms with Crippen LogP contribution in [0.4, 0.5) is 0 Å². The first kappa shape index (κ1) is 25.2. The molecule has 0 bridgehead atoms. The summed E-state index contributed by atoms with van der Waals surface area (Å²) >= 11 is 0. The van der Waals surface area contributed by atoms with Crippen LogP contribution in [0.15, 0.2) is 17.4 Å². The molecule has 2 rings (SSSR count). The van der Waals surface area contributed by atoms with Gasteiger partial charge >= 0.3 is 0 Å². The van der Waals surface area contributed by atoms with E-state index in [4.69, 9.17) is 4.74 Å². The molecule has 0 unspecified atom stereocenters. The monoisotopic (exact) mass is 506 g/mol. The molecule has 0 aromatic carbocycles. The second-order valence-corrected chi connectivity index (χ2v) is 8.00. The normalized spacial score (nSPS) is 16.5. The first-order valence-corrected chi connectivity index (χ1v) is 10.3. The van der Waals surface area contributed by atoms with Crippen LogP contribution in [0.3, 0.4) is 0 Å². The minimum Gasteiger partial charge on any atom is -0.377 e. The fraction of sp³-hybridized carbons (Fsp3) is 0.800. The number of piperidine rings is 1. The molecule has 2 heterocycles. The molecule has 0 aliphatic carbocycles. The average Bonchev–Trinajstić information content (AvgIpc) is 3.06. The van der Waals surface area contributed by atoms with Crippen LogP contribution in [0.1, 0.15) is 46.4 Å². The van der Waals surface area contributed by atoms with E-state index < -0.39 is 0 Å². The summed E-state index contributed by atoms with van der Waals surface area (Å²) in [7, 11) is 1.83. The Balaban J connectivity index is 0.00000392. The number of aromatic nitrogens is 2. The SMILES string of the molecule is CN=C(NCc1nccn1CC(C)C)NC1CCN(CCOC(C)C)CC1.I. The number of nitrogens with one attached hydrogen (secondary N) is 2. The molecule has 0 amide bonds. The van der Waals surface area contributed by atoms with Gasteiger partial charge in [0.2, 0.25) is 0 Å². The van der Waals surface area contributed by atoms with Crippen molar-refractivity contribution >= 4 is 29.9 Å². The highest BCUT2D eigenvalue weighted by Gasteiger charge is 2.20. The van der Waals surface area contributed by atoms with Gasteiger partial charge in [0.1, 0.15) is 5.82 Å². The van der Waals surface area contributed by atoms with Crippen molar-refractivity contribution < 1.29 is 4.74 Å². The predicted molar refractivity (Wildman–Crippen MR) is 126 cm³/mol. The Hall–Kier alpha value is -0.870. The summed E-state index contributed by atoms with van der Waals surface area (Å²) in [4.78, 5) is 11.3. The Morgan fingerprint density at radius 1 is 1.29 bits per heavy atom. The maximum absolute atomic E-state index is 5.66. The van der Waals surface area contributed by atoms with Crippen LogP contribution in [-0.2, 0) is 17.8 Å². The lowest BCUT2D eigenvalue weighted by Crippen LogP contribution is -2.49. The molecule has 0 saturated carbocycles. The van der Waals surface area contributed by atoms with Gasteiger partial charge in [-0.15, -0.1) is 24.0 Å². The lowest BCUT2D eigenvalue weighted by Gasteiger charge is -2.33. The molecule has 1 aliphatic heterocycles. The molecule has 2 N–H and O–H groups in total. The molecule has 8 heteroatoms. The Morgan fingerprint density at radius 2 is 2.00 bits per heavy atom. The zero-order valence-electron chi connectivity index (χ0n) is 18.1. The predicted octanol–water partition coefficient (Wildman–Crippen LogP) is 2.71. The summed E-state index contributed by atoms with van der Waals surface area (Å²) in [6.07, 6.45) is 6.49. The molecule has 7 nitrogen and oxygen atoms in total. The quantitative estimate of drug-likeness (QED) is 0.307. The fourth-order valence-corrected chi connectivity index (χ4v) is 3.34. The Morgan fingerprint density at radius 3 is 2.61 bits per heavy atom. The van der Waals surface area contributed by atoms with Crippen molar-refractivity contribution in [2.75, 3.05) is 33.3 Å². The molecular weight excluding hydrogens is 467 g/mol. The van der Waals surface area contributed by atoms with Gasteiger partial charge in [-0.3, -0.25) is 4.99 Å². The highest BCUT2D eigenvalue weighted by atomic mass is 127. The van der Waals surface area contributed by atoms with E-state index in [0.717, 1.165) is 57.4 Å². The van der Waals surface area contributed by atoms with Crippen LogP contribution < -0.4 is 10.6 Å². The van der Waals surface area contributed by atoms with E-state index in [2.05, 4.69) is 57.8 Å². The molecule has 162 valence electrons. The number of halogens is 1. The van der Waals surface area contributed by atoms with Gasteiger partial charge in [-0.1, -0.05) is 13.8 Å². The van der Waals surface area contributed by atoms with Crippen molar-refractivity contribution in [2.45, 2.75) is 65.8 Å². The van der Waals surface area contributed by atoms with E-state index in [0.29, 0.717) is 24.6 Å². The zero-order chi connectivity index (χ0) is 19.6. The van der Waals surface area contributed by atoms with Crippen molar-refractivity contribution in [2.24, 2.45) is 10.9 Å². The van der Waals surface area contributed by atoms with Gasteiger partial charge < -0.3 is 24.8 Å². The summed E-state index contributed by atoms with van der Waals surface area (Å²) in [6, 6.07) is 0.467. The number of imidazole rings is 1. The lowest BCUT2D eigenvalue weighted by atomic mass is 10.1. The molecule has 1 aliphatic rings. The number of aliphatic imine (C=N–C) groups is 1. The fourth-order valence-electron chi connectivity index (χ4n) is 3.34. The number of ether oxygens (including phenoxy) is 1. The van der Waals surface area contributed by atoms with E-state index in [9.17, 15) is 0 Å². The zero-order valence-corrected chi connectivity index (χ0v) is 20.5. The van der Waals surface area contributed by atoms with Crippen molar-refractivity contribution in [3.63, 3.8) is 0 Å². The van der Waals surface area contributed by atoms with Gasteiger partial charge in [0.25, 0.3) is 0 Å². The summed E-state index contributed by atoms with van der Waals surface area (Å²) in [5.41, 5.74) is 0. The summed E-state index contributed by atoms with van der Waals surface area (Å²) in [5, 5.41) is 6.98. The third kappa shape index (κ3) is 9.09. The maximum atomic E-state index is 5.66. The van der Waals surface area contributed by atoms with Crippen LogP contribution in [0, 0.1) is 5.92 Å². The van der Waals surface area contributed by atoms with Gasteiger partial charge in [0, 0.05) is 51.7 Å². The highest BCUT2D eigenvalue weighted by molar-refractivity contribution is 14.0. The largest absolute Gasteiger partial charge is 0.377 e. The van der Waals surface area contributed by atoms with Gasteiger partial charge in [0.05, 0.1) is 19.3 Å². The third-order valence-corrected chi connectivity index (χ3v) is 4.79. The van der Waals surface area contributed by atoms with Crippen molar-refractivity contribution in [1.29, 1.82) is 0 Å². The lowest BCUT2D eigenvalue weighted by molar-refractivity contribution is 0.0532. The van der Waals surface area contributed by atoms with Gasteiger partial charge in [-0.25, -0.2) is 4.98 Å². The first-order chi connectivity index (χ1) is 13.0. The molecule has 0 radical (unpaired) electrons. The number of hydrogen-bond acceptors (Lipinski definition) is 4. The van der Waals surface area contributed by atoms with Crippen molar-refractivity contribution in [3.8, 4) is 0 Å². The Bertz CT molecular complexity index is 567. The van der Waals surface area contributed by atoms with Crippen LogP contribution in [0.25, 0.3) is 0 Å². The van der Waals surface area contributed by atoms with Crippen molar-refractivity contribution in [3.05, 3.63) is 18.2 Å². The van der Waals surface area contributed by atoms with Crippen LogP contribution in [-0.4, -0.2) is 65.8 Å². The highest BCUT2D eigenvalue weighted by Crippen LogP contribution is 2.10. The van der Waals surface area contributed by atoms with Gasteiger partial charge in [0.15, 0.2) is 5.96 Å².